The molecule has 5 nitrogen and oxygen atoms in total. The molecule has 2 aliphatic rings. The predicted octanol–water partition coefficient (Wildman–Crippen LogP) is 6.33. The van der Waals surface area contributed by atoms with Crippen LogP contribution >= 0.6 is 0 Å². The fraction of sp³-hybridized carbons (Fsp3) is 0.462. The molecule has 0 unspecified atom stereocenters. The number of hydrogen-bond acceptors (Lipinski definition) is 3. The van der Waals surface area contributed by atoms with E-state index in [0.717, 1.165) is 55.7 Å². The molecule has 1 aliphatic heterocycles. The van der Waals surface area contributed by atoms with Crippen LogP contribution in [0, 0.1) is 11.7 Å². The van der Waals surface area contributed by atoms with Crippen LogP contribution in [0.1, 0.15) is 68.5 Å². The molecular formula is C26H30FN3O2. The zero-order chi connectivity index (χ0) is 22.1. The number of nitrogens with zero attached hydrogens (tertiary/aromatic N) is 3. The Kier molecular flexibility index (Phi) is 5.85. The van der Waals surface area contributed by atoms with Crippen molar-refractivity contribution in [3.63, 3.8) is 0 Å². The maximum Gasteiger partial charge on any atom is 0.289 e. The number of aromatic nitrogens is 2. The van der Waals surface area contributed by atoms with E-state index in [1.54, 1.807) is 18.2 Å². The zero-order valence-corrected chi connectivity index (χ0v) is 18.6. The van der Waals surface area contributed by atoms with Gasteiger partial charge in [0.2, 0.25) is 0 Å². The summed E-state index contributed by atoms with van der Waals surface area (Å²) in [6, 6.07) is 10.4. The Labute approximate surface area is 188 Å². The Morgan fingerprint density at radius 1 is 1.00 bits per heavy atom. The van der Waals surface area contributed by atoms with E-state index in [9.17, 15) is 9.18 Å². The van der Waals surface area contributed by atoms with Crippen molar-refractivity contribution < 1.29 is 13.6 Å². The summed E-state index contributed by atoms with van der Waals surface area (Å²) in [5, 5.41) is 0. The van der Waals surface area contributed by atoms with E-state index in [4.69, 9.17) is 9.40 Å². The third-order valence-electron chi connectivity index (χ3n) is 7.00. The van der Waals surface area contributed by atoms with Gasteiger partial charge in [-0.3, -0.25) is 4.79 Å². The zero-order valence-electron chi connectivity index (χ0n) is 18.6. The molecule has 0 radical (unpaired) electrons. The number of carbonyl (C=O) groups excluding carboxylic acids is 1. The largest absolute Gasteiger partial charge is 0.449 e. The first-order chi connectivity index (χ1) is 15.6. The molecule has 3 aromatic rings. The average molecular weight is 436 g/mol. The first-order valence-corrected chi connectivity index (χ1v) is 11.8. The molecule has 1 amide bonds. The van der Waals surface area contributed by atoms with Crippen molar-refractivity contribution in [3.8, 4) is 22.7 Å². The van der Waals surface area contributed by atoms with Gasteiger partial charge >= 0.3 is 0 Å². The Morgan fingerprint density at radius 3 is 2.44 bits per heavy atom. The summed E-state index contributed by atoms with van der Waals surface area (Å²) >= 11 is 0. The summed E-state index contributed by atoms with van der Waals surface area (Å²) in [7, 11) is 0. The summed E-state index contributed by atoms with van der Waals surface area (Å²) in [5.41, 5.74) is 2.47. The van der Waals surface area contributed by atoms with Gasteiger partial charge in [0.25, 0.3) is 5.91 Å². The normalized spacial score (nSPS) is 18.2. The lowest BCUT2D eigenvalue weighted by Crippen LogP contribution is -2.37. The molecule has 0 N–H and O–H groups in total. The fourth-order valence-corrected chi connectivity index (χ4v) is 5.01. The molecule has 3 heterocycles. The van der Waals surface area contributed by atoms with Crippen LogP contribution in [0.4, 0.5) is 4.39 Å². The predicted molar refractivity (Wildman–Crippen MR) is 122 cm³/mol. The maximum atomic E-state index is 13.5. The van der Waals surface area contributed by atoms with Crippen molar-refractivity contribution in [2.75, 3.05) is 13.1 Å². The number of carbonyl (C=O) groups is 1. The topological polar surface area (TPSA) is 51.3 Å². The van der Waals surface area contributed by atoms with Crippen molar-refractivity contribution in [1.82, 2.24) is 14.5 Å². The molecule has 1 aromatic carbocycles. The number of imidazole rings is 1. The lowest BCUT2D eigenvalue weighted by molar-refractivity contribution is 0.0666. The van der Waals surface area contributed by atoms with E-state index in [0.29, 0.717) is 23.5 Å². The molecule has 168 valence electrons. The Balaban J connectivity index is 1.51. The third kappa shape index (κ3) is 4.10. The van der Waals surface area contributed by atoms with Crippen LogP contribution in [0.15, 0.2) is 47.1 Å². The first kappa shape index (κ1) is 21.0. The molecule has 1 saturated carbocycles. The standard InChI is InChI=1S/C26H30FN3O2/c1-18-13-15-29(16-14-18)26(31)23-12-11-22(32-23)25-24(19-7-9-20(27)10-8-19)28-17-30(25)21-5-3-2-4-6-21/h7-12,17-18,21H,2-6,13-16H2,1H3. The van der Waals surface area contributed by atoms with E-state index in [1.807, 2.05) is 17.3 Å². The van der Waals surface area contributed by atoms with Gasteiger partial charge in [0, 0.05) is 24.7 Å². The Morgan fingerprint density at radius 2 is 1.72 bits per heavy atom. The van der Waals surface area contributed by atoms with Crippen molar-refractivity contribution in [2.24, 2.45) is 5.92 Å². The molecule has 32 heavy (non-hydrogen) atoms. The number of piperidine rings is 1. The third-order valence-corrected chi connectivity index (χ3v) is 7.00. The van der Waals surface area contributed by atoms with Crippen molar-refractivity contribution in [3.05, 3.63) is 54.3 Å². The summed E-state index contributed by atoms with van der Waals surface area (Å²) in [5.74, 6) is 1.35. The van der Waals surface area contributed by atoms with Gasteiger partial charge < -0.3 is 13.9 Å². The smallest absolute Gasteiger partial charge is 0.289 e. The highest BCUT2D eigenvalue weighted by Crippen LogP contribution is 2.38. The Hall–Kier alpha value is -2.89. The highest BCUT2D eigenvalue weighted by Gasteiger charge is 2.27. The van der Waals surface area contributed by atoms with Crippen LogP contribution in [-0.4, -0.2) is 33.4 Å². The molecule has 1 saturated heterocycles. The summed E-state index contributed by atoms with van der Waals surface area (Å²) in [4.78, 5) is 19.6. The molecule has 1 aliphatic carbocycles. The van der Waals surface area contributed by atoms with E-state index >= 15 is 0 Å². The lowest BCUT2D eigenvalue weighted by atomic mass is 9.95. The monoisotopic (exact) mass is 435 g/mol. The number of benzene rings is 1. The minimum absolute atomic E-state index is 0.0461. The molecule has 0 bridgehead atoms. The van der Waals surface area contributed by atoms with Crippen LogP contribution < -0.4 is 0 Å². The van der Waals surface area contributed by atoms with Crippen LogP contribution in [0.3, 0.4) is 0 Å². The number of rotatable bonds is 4. The quantitative estimate of drug-likeness (QED) is 0.481. The van der Waals surface area contributed by atoms with Crippen LogP contribution in [0.25, 0.3) is 22.7 Å². The van der Waals surface area contributed by atoms with Crippen LogP contribution in [0.2, 0.25) is 0 Å². The van der Waals surface area contributed by atoms with Crippen LogP contribution in [-0.2, 0) is 0 Å². The van der Waals surface area contributed by atoms with Gasteiger partial charge in [-0.2, -0.15) is 0 Å². The number of furan rings is 1. The van der Waals surface area contributed by atoms with Gasteiger partial charge in [-0.15, -0.1) is 0 Å². The molecular weight excluding hydrogens is 405 g/mol. The lowest BCUT2D eigenvalue weighted by Gasteiger charge is -2.29. The minimum Gasteiger partial charge on any atom is -0.449 e. The molecule has 2 fully saturated rings. The molecule has 5 rings (SSSR count). The molecule has 2 aromatic heterocycles. The first-order valence-electron chi connectivity index (χ1n) is 11.8. The van der Waals surface area contributed by atoms with E-state index in [1.165, 1.54) is 31.4 Å². The number of likely N-dealkylation sites (tertiary alicyclic amines) is 1. The number of amides is 1. The fourth-order valence-electron chi connectivity index (χ4n) is 5.01. The van der Waals surface area contributed by atoms with Gasteiger partial charge in [0.05, 0.1) is 12.0 Å². The second kappa shape index (κ2) is 8.93. The Bertz CT molecular complexity index is 1070. The second-order valence-corrected chi connectivity index (χ2v) is 9.29. The summed E-state index contributed by atoms with van der Waals surface area (Å²) < 4.78 is 21.9. The molecule has 0 spiro atoms. The van der Waals surface area contributed by atoms with Crippen molar-refractivity contribution >= 4 is 5.91 Å². The van der Waals surface area contributed by atoms with E-state index in [-0.39, 0.29) is 11.7 Å². The number of hydrogen-bond donors (Lipinski definition) is 0. The molecule has 6 heteroatoms. The average Bonchev–Trinajstić information content (AvgIpc) is 3.48. The van der Waals surface area contributed by atoms with E-state index in [2.05, 4.69) is 11.5 Å². The van der Waals surface area contributed by atoms with Crippen molar-refractivity contribution in [2.45, 2.75) is 57.9 Å². The van der Waals surface area contributed by atoms with Gasteiger partial charge in [0.1, 0.15) is 11.5 Å². The van der Waals surface area contributed by atoms with Gasteiger partial charge in [-0.05, 0) is 68.0 Å². The maximum absolute atomic E-state index is 13.5. The van der Waals surface area contributed by atoms with Crippen molar-refractivity contribution in [1.29, 1.82) is 0 Å². The highest BCUT2D eigenvalue weighted by molar-refractivity contribution is 5.92. The summed E-state index contributed by atoms with van der Waals surface area (Å²) in [6.07, 6.45) is 9.80. The number of halogens is 1. The van der Waals surface area contributed by atoms with Gasteiger partial charge in [0.15, 0.2) is 11.5 Å². The highest BCUT2D eigenvalue weighted by atomic mass is 19.1. The van der Waals surface area contributed by atoms with Gasteiger partial charge in [-0.25, -0.2) is 9.37 Å². The van der Waals surface area contributed by atoms with Crippen LogP contribution in [0.5, 0.6) is 0 Å². The summed E-state index contributed by atoms with van der Waals surface area (Å²) in [6.45, 7) is 3.78. The molecule has 0 atom stereocenters. The minimum atomic E-state index is -0.274. The van der Waals surface area contributed by atoms with Gasteiger partial charge in [-0.1, -0.05) is 26.2 Å². The van der Waals surface area contributed by atoms with E-state index < -0.39 is 0 Å². The SMILES string of the molecule is CC1CCN(C(=O)c2ccc(-c3c(-c4ccc(F)cc4)ncn3C3CCCCC3)o2)CC1. The second-order valence-electron chi connectivity index (χ2n) is 9.29.